The van der Waals surface area contributed by atoms with Gasteiger partial charge in [-0.25, -0.2) is 0 Å². The summed E-state index contributed by atoms with van der Waals surface area (Å²) in [6, 6.07) is 5.19. The van der Waals surface area contributed by atoms with Crippen molar-refractivity contribution in [3.63, 3.8) is 0 Å². The monoisotopic (exact) mass is 235 g/mol. The van der Waals surface area contributed by atoms with Crippen molar-refractivity contribution in [1.29, 1.82) is 0 Å². The lowest BCUT2D eigenvalue weighted by atomic mass is 10.1. The zero-order valence-corrected chi connectivity index (χ0v) is 11.7. The minimum Gasteiger partial charge on any atom is -0.371 e. The predicted octanol–water partition coefficient (Wildman–Crippen LogP) is 2.99. The lowest BCUT2D eigenvalue weighted by Gasteiger charge is -2.26. The van der Waals surface area contributed by atoms with Gasteiger partial charge in [0.1, 0.15) is 0 Å². The molecule has 0 saturated carbocycles. The van der Waals surface area contributed by atoms with Crippen molar-refractivity contribution in [3.05, 3.63) is 24.0 Å². The molecule has 0 aliphatic heterocycles. The summed E-state index contributed by atoms with van der Waals surface area (Å²) in [4.78, 5) is 6.83. The molecule has 3 heteroatoms. The maximum Gasteiger partial charge on any atom is 0.0574 e. The van der Waals surface area contributed by atoms with Crippen LogP contribution in [0.3, 0.4) is 0 Å². The van der Waals surface area contributed by atoms with Crippen molar-refractivity contribution in [3.8, 4) is 0 Å². The van der Waals surface area contributed by atoms with Crippen LogP contribution in [0.1, 0.15) is 45.3 Å². The summed E-state index contributed by atoms with van der Waals surface area (Å²) in [5, 5.41) is 3.27. The largest absolute Gasteiger partial charge is 0.371 e. The van der Waals surface area contributed by atoms with Gasteiger partial charge in [-0.3, -0.25) is 4.98 Å². The summed E-state index contributed by atoms with van der Waals surface area (Å²) in [6.45, 7) is 6.61. The van der Waals surface area contributed by atoms with Crippen molar-refractivity contribution in [2.75, 3.05) is 19.0 Å². The number of hydrogen-bond donors (Lipinski definition) is 1. The average molecular weight is 235 g/mol. The second-order valence-electron chi connectivity index (χ2n) is 4.56. The smallest absolute Gasteiger partial charge is 0.0574 e. The molecule has 0 saturated heterocycles. The van der Waals surface area contributed by atoms with E-state index in [9.17, 15) is 0 Å². The van der Waals surface area contributed by atoms with Gasteiger partial charge in [0, 0.05) is 19.1 Å². The van der Waals surface area contributed by atoms with Crippen molar-refractivity contribution in [1.82, 2.24) is 10.3 Å². The van der Waals surface area contributed by atoms with Gasteiger partial charge in [-0.05, 0) is 38.9 Å². The van der Waals surface area contributed by atoms with Gasteiger partial charge >= 0.3 is 0 Å². The molecule has 0 aromatic carbocycles. The van der Waals surface area contributed by atoms with Crippen molar-refractivity contribution in [2.24, 2.45) is 0 Å². The van der Waals surface area contributed by atoms with Gasteiger partial charge < -0.3 is 10.2 Å². The zero-order chi connectivity index (χ0) is 12.8. The molecule has 1 aromatic rings. The Hall–Kier alpha value is -1.09. The van der Waals surface area contributed by atoms with Gasteiger partial charge in [0.25, 0.3) is 0 Å². The summed E-state index contributed by atoms with van der Waals surface area (Å²) in [5.41, 5.74) is 2.31. The van der Waals surface area contributed by atoms with Crippen LogP contribution in [0.15, 0.2) is 18.3 Å². The molecule has 2 unspecified atom stereocenters. The van der Waals surface area contributed by atoms with Gasteiger partial charge in [0.2, 0.25) is 0 Å². The summed E-state index contributed by atoms with van der Waals surface area (Å²) >= 11 is 0. The summed E-state index contributed by atoms with van der Waals surface area (Å²) in [6.07, 6.45) is 4.18. The van der Waals surface area contributed by atoms with Crippen LogP contribution in [0.2, 0.25) is 0 Å². The second-order valence-corrected chi connectivity index (χ2v) is 4.56. The van der Waals surface area contributed by atoms with Crippen LogP contribution < -0.4 is 10.2 Å². The fourth-order valence-corrected chi connectivity index (χ4v) is 1.90. The molecule has 1 aromatic heterocycles. The highest BCUT2D eigenvalue weighted by molar-refractivity contribution is 5.44. The fourth-order valence-electron chi connectivity index (χ4n) is 1.90. The topological polar surface area (TPSA) is 28.2 Å². The molecule has 0 bridgehead atoms. The molecule has 0 aliphatic carbocycles. The average Bonchev–Trinajstić information content (AvgIpc) is 2.39. The third-order valence-corrected chi connectivity index (χ3v) is 3.54. The number of aromatic nitrogens is 1. The Morgan fingerprint density at radius 3 is 2.41 bits per heavy atom. The molecule has 96 valence electrons. The van der Waals surface area contributed by atoms with E-state index in [0.29, 0.717) is 12.1 Å². The van der Waals surface area contributed by atoms with Crippen molar-refractivity contribution < 1.29 is 0 Å². The molecular weight excluding hydrogens is 210 g/mol. The lowest BCUT2D eigenvalue weighted by Crippen LogP contribution is -2.28. The zero-order valence-electron chi connectivity index (χ0n) is 11.7. The highest BCUT2D eigenvalue weighted by Gasteiger charge is 2.11. The molecule has 0 amide bonds. The molecule has 1 N–H and O–H groups in total. The third-order valence-electron chi connectivity index (χ3n) is 3.54. The Bertz CT molecular complexity index is 317. The third kappa shape index (κ3) is 3.43. The Kier molecular flexibility index (Phi) is 5.42. The predicted molar refractivity (Wildman–Crippen MR) is 74.5 cm³/mol. The molecule has 0 fully saturated rings. The molecule has 1 heterocycles. The van der Waals surface area contributed by atoms with Crippen LogP contribution in [0.5, 0.6) is 0 Å². The van der Waals surface area contributed by atoms with Crippen LogP contribution in [-0.2, 0) is 0 Å². The van der Waals surface area contributed by atoms with Crippen LogP contribution in [0, 0.1) is 0 Å². The number of nitrogens with one attached hydrogen (secondary N) is 1. The number of pyridine rings is 1. The van der Waals surface area contributed by atoms with Crippen LogP contribution in [0.25, 0.3) is 0 Å². The summed E-state index contributed by atoms with van der Waals surface area (Å²) < 4.78 is 0. The van der Waals surface area contributed by atoms with E-state index in [-0.39, 0.29) is 0 Å². The molecule has 17 heavy (non-hydrogen) atoms. The standard InChI is InChI=1S/C14H25N3/c1-6-11(3)17(5)12-8-9-14(16-10-12)13(7-2)15-4/h8-11,13,15H,6-7H2,1-5H3. The van der Waals surface area contributed by atoms with E-state index in [2.05, 4.69) is 55.2 Å². The van der Waals surface area contributed by atoms with E-state index < -0.39 is 0 Å². The van der Waals surface area contributed by atoms with Gasteiger partial charge in [0.15, 0.2) is 0 Å². The SMILES string of the molecule is CCC(NC)c1ccc(N(C)C(C)CC)cn1. The highest BCUT2D eigenvalue weighted by atomic mass is 15.1. The molecule has 2 atom stereocenters. The van der Waals surface area contributed by atoms with Crippen molar-refractivity contribution in [2.45, 2.75) is 45.7 Å². The number of anilines is 1. The fraction of sp³-hybridized carbons (Fsp3) is 0.643. The van der Waals surface area contributed by atoms with Gasteiger partial charge in [0.05, 0.1) is 17.6 Å². The first-order valence-corrected chi connectivity index (χ1v) is 6.50. The minimum absolute atomic E-state index is 0.359. The molecular formula is C14H25N3. The minimum atomic E-state index is 0.359. The number of hydrogen-bond acceptors (Lipinski definition) is 3. The number of nitrogens with zero attached hydrogens (tertiary/aromatic N) is 2. The summed E-state index contributed by atoms with van der Waals surface area (Å²) in [7, 11) is 4.11. The normalized spacial score (nSPS) is 14.4. The van der Waals surface area contributed by atoms with Gasteiger partial charge in [-0.15, -0.1) is 0 Å². The Morgan fingerprint density at radius 1 is 1.29 bits per heavy atom. The van der Waals surface area contributed by atoms with Gasteiger partial charge in [-0.1, -0.05) is 13.8 Å². The van der Waals surface area contributed by atoms with E-state index >= 15 is 0 Å². The van der Waals surface area contributed by atoms with Gasteiger partial charge in [-0.2, -0.15) is 0 Å². The Morgan fingerprint density at radius 2 is 2.00 bits per heavy atom. The van der Waals surface area contributed by atoms with E-state index in [0.717, 1.165) is 18.5 Å². The Labute approximate surface area is 105 Å². The quantitative estimate of drug-likeness (QED) is 0.821. The van der Waals surface area contributed by atoms with Crippen molar-refractivity contribution >= 4 is 5.69 Å². The van der Waals surface area contributed by atoms with Crippen LogP contribution >= 0.6 is 0 Å². The lowest BCUT2D eigenvalue weighted by molar-refractivity contribution is 0.561. The molecule has 0 spiro atoms. The summed E-state index contributed by atoms with van der Waals surface area (Å²) in [5.74, 6) is 0. The van der Waals surface area contributed by atoms with Crippen LogP contribution in [-0.4, -0.2) is 25.1 Å². The first-order chi connectivity index (χ1) is 8.13. The molecule has 0 radical (unpaired) electrons. The van der Waals surface area contributed by atoms with E-state index in [4.69, 9.17) is 0 Å². The first kappa shape index (κ1) is 14.0. The van der Waals surface area contributed by atoms with E-state index in [1.54, 1.807) is 0 Å². The highest BCUT2D eigenvalue weighted by Crippen LogP contribution is 2.19. The maximum atomic E-state index is 4.55. The maximum absolute atomic E-state index is 4.55. The van der Waals surface area contributed by atoms with E-state index in [1.165, 1.54) is 5.69 Å². The van der Waals surface area contributed by atoms with E-state index in [1.807, 2.05) is 13.2 Å². The number of rotatable bonds is 6. The Balaban J connectivity index is 2.80. The first-order valence-electron chi connectivity index (χ1n) is 6.50. The molecule has 3 nitrogen and oxygen atoms in total. The second kappa shape index (κ2) is 6.60. The molecule has 1 rings (SSSR count). The van der Waals surface area contributed by atoms with Crippen LogP contribution in [0.4, 0.5) is 5.69 Å². The molecule has 0 aliphatic rings.